The Morgan fingerprint density at radius 2 is 0.395 bits per heavy atom. The molecule has 21 aliphatic heterocycles. The minimum Gasteiger partial charge on any atom is -0.394 e. The van der Waals surface area contributed by atoms with E-state index in [1.54, 1.807) is 0 Å². The fourth-order valence-electron chi connectivity index (χ4n) is 10.6. The maximum atomic E-state index is 11.9. The van der Waals surface area contributed by atoms with E-state index < -0.39 is 269 Å². The highest BCUT2D eigenvalue weighted by molar-refractivity contribution is 7.46. The molecule has 21 saturated heterocycles. The van der Waals surface area contributed by atoms with Gasteiger partial charge in [-0.1, -0.05) is 0 Å². The monoisotopic (exact) mass is 1210 g/mol. The second kappa shape index (κ2) is 27.4. The molecule has 0 aromatic carbocycles. The number of aliphatic hydroxyl groups excluding tert-OH is 20. The first-order valence-electron chi connectivity index (χ1n) is 25.4. The molecule has 21 heterocycles. The molecule has 0 aliphatic carbocycles. The lowest BCUT2D eigenvalue weighted by molar-refractivity contribution is -0.396. The van der Waals surface area contributed by atoms with E-state index in [1.807, 2.05) is 0 Å². The topological polar surface area (TPSA) is 601 Å². The first-order chi connectivity index (χ1) is 38.3. The highest BCUT2D eigenvalue weighted by Gasteiger charge is 2.59. The number of aliphatic hydroxyl groups is 20. The predicted octanol–water partition coefficient (Wildman–Crippen LogP) is -15.1. The van der Waals surface area contributed by atoms with E-state index >= 15 is 0 Å². The fourth-order valence-corrected chi connectivity index (χ4v) is 10.9. The van der Waals surface area contributed by atoms with Crippen LogP contribution in [0.5, 0.6) is 0 Å². The summed E-state index contributed by atoms with van der Waals surface area (Å²) in [4.78, 5) is 19.1. The van der Waals surface area contributed by atoms with Crippen LogP contribution in [-0.2, 0) is 75.4 Å². The predicted molar refractivity (Wildman–Crippen MR) is 239 cm³/mol. The van der Waals surface area contributed by atoms with Gasteiger partial charge in [-0.25, -0.2) is 4.57 Å². The molecule has 35 atom stereocenters. The normalized spacial score (nSPS) is 53.4. The van der Waals surface area contributed by atoms with E-state index in [-0.39, 0.29) is 0 Å². The van der Waals surface area contributed by atoms with Crippen molar-refractivity contribution in [2.24, 2.45) is 0 Å². The van der Waals surface area contributed by atoms with Crippen molar-refractivity contribution >= 4 is 7.82 Å². The van der Waals surface area contributed by atoms with E-state index in [9.17, 15) is 116 Å². The number of ether oxygens (including phenoxy) is 14. The zero-order valence-electron chi connectivity index (χ0n) is 42.0. The second-order valence-corrected chi connectivity index (χ2v) is 21.5. The van der Waals surface area contributed by atoms with E-state index in [0.29, 0.717) is 0 Å². The molecule has 0 unspecified atom stereocenters. The lowest BCUT2D eigenvalue weighted by Gasteiger charge is -2.50. The molecule has 0 spiro atoms. The van der Waals surface area contributed by atoms with Crippen LogP contribution in [0.2, 0.25) is 0 Å². The minimum absolute atomic E-state index is 1.07. The third kappa shape index (κ3) is 13.6. The first-order valence-corrected chi connectivity index (χ1v) is 26.9. The summed E-state index contributed by atoms with van der Waals surface area (Å²) in [6, 6.07) is 0. The van der Waals surface area contributed by atoms with Crippen molar-refractivity contribution in [2.45, 2.75) is 215 Å². The van der Waals surface area contributed by atoms with Crippen LogP contribution in [-0.4, -0.2) is 373 Å². The van der Waals surface area contributed by atoms with E-state index in [2.05, 4.69) is 4.52 Å². The molecule has 39 heteroatoms. The third-order valence-corrected chi connectivity index (χ3v) is 15.5. The van der Waals surface area contributed by atoms with Gasteiger partial charge in [0, 0.05) is 0 Å². The Morgan fingerprint density at radius 3 is 0.543 bits per heavy atom. The summed E-state index contributed by atoms with van der Waals surface area (Å²) in [5.74, 6) is 0. The van der Waals surface area contributed by atoms with Crippen molar-refractivity contribution in [2.75, 3.05) is 46.2 Å². The molecule has 0 amide bonds. The molecule has 472 valence electrons. The van der Waals surface area contributed by atoms with Crippen molar-refractivity contribution < 1.29 is 187 Å². The molecule has 0 saturated carbocycles. The maximum Gasteiger partial charge on any atom is 0.469 e. The summed E-state index contributed by atoms with van der Waals surface area (Å²) in [5, 5.41) is 221. The van der Waals surface area contributed by atoms with E-state index in [1.165, 1.54) is 0 Å². The number of phosphoric ester groups is 1. The lowest BCUT2D eigenvalue weighted by Crippen LogP contribution is -2.68. The molecule has 21 rings (SSSR count). The van der Waals surface area contributed by atoms with Gasteiger partial charge < -0.3 is 178 Å². The van der Waals surface area contributed by atoms with E-state index in [4.69, 9.17) is 66.3 Å². The van der Waals surface area contributed by atoms with E-state index in [0.717, 1.165) is 0 Å². The Bertz CT molecular complexity index is 2000. The van der Waals surface area contributed by atoms with Crippen molar-refractivity contribution in [1.82, 2.24) is 0 Å². The summed E-state index contributed by atoms with van der Waals surface area (Å²) in [6.45, 7) is -7.83. The van der Waals surface area contributed by atoms with Crippen LogP contribution < -0.4 is 0 Å². The van der Waals surface area contributed by atoms with Gasteiger partial charge in [-0.2, -0.15) is 0 Å². The Balaban J connectivity index is 1.10. The fraction of sp³-hybridized carbons (Fsp3) is 1.00. The standard InChI is InChI=1S/C42H71O38P/c43-1-8-29-16(50)23(57)37(68-8)76-31-10(3-45)70-39(25(59)18(31)52)78-33-12(5-47)72-41(27(61)20(33)54)80-35-14(7-66-81(63,64)65)73-42(28(62)21(35)55)79-34-13(6-48)71-40(26(60)19(34)53)77-32-11(4-46)69-38(24(58)17(32)51)75-30-9(2-44)67-36(74-29)22(56)15(30)49/h8-62H,1-7H2,(H2,63,64,65)/t8-,9-,10-,11-,12-,13-,14-,15-,16-,17-,18-,19-,20-,21-,22-,23-,24-,25-,26-,27-,28-,29-,30-,31-,32-,33-,34-,35-,36-,37-,38-,39-,40-,41-,42-/m1/s1. The van der Waals surface area contributed by atoms with Crippen LogP contribution in [0.15, 0.2) is 0 Å². The van der Waals surface area contributed by atoms with Crippen molar-refractivity contribution in [1.29, 1.82) is 0 Å². The first kappa shape index (κ1) is 65.7. The molecular weight excluding hydrogens is 1140 g/mol. The SMILES string of the molecule is O=P(O)(O)OC[C@H]1O[C@@H]2O[C@H]3[C@H](O)[C@@H](O)[C@@H](O[C@H]4[C@H](O)[C@@H](O)[C@@H](O[C@H]5[C@H](O)[C@@H](O)[C@@H](O[C@H]6[C@H](O)[C@@H](O)[C@@H](O[C@H]7[C@H](O)[C@@H](O)[C@@H](O[C@H]8[C@H](O)[C@@H](O)[C@@H](O[C@H]1[C@H](O)[C@H]2O)O[C@@H]8CO)O[C@@H]7CO)O[C@@H]6CO)O[C@@H]5CO)O[C@@H]4CO)O[C@@H]3CO. The van der Waals surface area contributed by atoms with Crippen LogP contribution in [0.3, 0.4) is 0 Å². The smallest absolute Gasteiger partial charge is 0.394 e. The minimum atomic E-state index is -5.43. The van der Waals surface area contributed by atoms with Crippen LogP contribution in [0.1, 0.15) is 0 Å². The van der Waals surface area contributed by atoms with Crippen molar-refractivity contribution in [3.05, 3.63) is 0 Å². The molecule has 81 heavy (non-hydrogen) atoms. The van der Waals surface area contributed by atoms with Crippen molar-refractivity contribution in [3.63, 3.8) is 0 Å². The molecule has 0 radical (unpaired) electrons. The molecule has 0 aromatic heterocycles. The maximum absolute atomic E-state index is 11.9. The number of hydrogen-bond donors (Lipinski definition) is 22. The van der Waals surface area contributed by atoms with Crippen LogP contribution >= 0.6 is 7.82 Å². The Hall–Kier alpha value is -1.25. The summed E-state index contributed by atoms with van der Waals surface area (Å²) in [6.07, 6.45) is -73.2. The van der Waals surface area contributed by atoms with Gasteiger partial charge in [-0.15, -0.1) is 0 Å². The molecule has 21 fully saturated rings. The summed E-state index contributed by atoms with van der Waals surface area (Å²) in [7, 11) is -5.43. The third-order valence-electron chi connectivity index (χ3n) is 15.0. The van der Waals surface area contributed by atoms with Crippen LogP contribution in [0.4, 0.5) is 0 Å². The lowest BCUT2D eigenvalue weighted by atomic mass is 9.95. The molecule has 14 bridgehead atoms. The number of hydrogen-bond acceptors (Lipinski definition) is 36. The van der Waals surface area contributed by atoms with Crippen LogP contribution in [0.25, 0.3) is 0 Å². The average Bonchev–Trinajstić information content (AvgIpc) is 3.48. The molecular formula is C42H71O38P. The quantitative estimate of drug-likeness (QED) is 0.0953. The van der Waals surface area contributed by atoms with Gasteiger partial charge >= 0.3 is 7.82 Å². The average molecular weight is 1210 g/mol. The van der Waals surface area contributed by atoms with Gasteiger partial charge in [0.05, 0.1) is 46.2 Å². The number of phosphoric acid groups is 1. The zero-order valence-corrected chi connectivity index (χ0v) is 42.9. The van der Waals surface area contributed by atoms with Gasteiger partial charge in [0.25, 0.3) is 0 Å². The summed E-state index contributed by atoms with van der Waals surface area (Å²) >= 11 is 0. The van der Waals surface area contributed by atoms with Gasteiger partial charge in [0.15, 0.2) is 44.0 Å². The summed E-state index contributed by atoms with van der Waals surface area (Å²) in [5.41, 5.74) is 0. The van der Waals surface area contributed by atoms with Crippen molar-refractivity contribution in [3.8, 4) is 0 Å². The zero-order chi connectivity index (χ0) is 59.3. The number of rotatable bonds is 9. The molecule has 0 aromatic rings. The Morgan fingerprint density at radius 1 is 0.247 bits per heavy atom. The van der Waals surface area contributed by atoms with Gasteiger partial charge in [0.1, 0.15) is 171 Å². The molecule has 38 nitrogen and oxygen atoms in total. The largest absolute Gasteiger partial charge is 0.469 e. The van der Waals surface area contributed by atoms with Gasteiger partial charge in [-0.3, -0.25) is 4.52 Å². The second-order valence-electron chi connectivity index (χ2n) is 20.3. The summed E-state index contributed by atoms with van der Waals surface area (Å²) < 4.78 is 95.8. The molecule has 22 N–H and O–H groups in total. The van der Waals surface area contributed by atoms with Gasteiger partial charge in [-0.05, 0) is 0 Å². The highest BCUT2D eigenvalue weighted by atomic mass is 31.2. The van der Waals surface area contributed by atoms with Crippen LogP contribution in [0, 0.1) is 0 Å². The molecule has 21 aliphatic rings. The van der Waals surface area contributed by atoms with Gasteiger partial charge in [0.2, 0.25) is 0 Å². The Labute approximate surface area is 455 Å². The highest BCUT2D eigenvalue weighted by Crippen LogP contribution is 2.41. The Kier molecular flexibility index (Phi) is 22.3.